The number of aldehydes is 1. The predicted octanol–water partition coefficient (Wildman–Crippen LogP) is 3.05. The van der Waals surface area contributed by atoms with Crippen LogP contribution in [0, 0.1) is 0 Å². The normalized spacial score (nSPS) is 11.8. The van der Waals surface area contributed by atoms with Crippen molar-refractivity contribution in [1.29, 1.82) is 0 Å². The predicted molar refractivity (Wildman–Crippen MR) is 51.8 cm³/mol. The third-order valence-electron chi connectivity index (χ3n) is 1.13. The number of carbonyl (C=O) groups is 1. The SMILES string of the molecule is CC(C=O)=Cc1sc(Cl)nc1Cl. The van der Waals surface area contributed by atoms with Gasteiger partial charge in [0.05, 0.1) is 4.88 Å². The fourth-order valence-electron chi connectivity index (χ4n) is 0.618. The Morgan fingerprint density at radius 3 is 2.67 bits per heavy atom. The first-order valence-corrected chi connectivity index (χ1v) is 4.66. The molecule has 0 spiro atoms. The van der Waals surface area contributed by atoms with Crippen LogP contribution in [0.15, 0.2) is 5.57 Å². The molecule has 0 radical (unpaired) electrons. The molecule has 0 saturated carbocycles. The van der Waals surface area contributed by atoms with Gasteiger partial charge in [-0.05, 0) is 18.6 Å². The Bertz CT molecular complexity index is 332. The van der Waals surface area contributed by atoms with E-state index in [1.165, 1.54) is 11.3 Å². The molecule has 1 aromatic rings. The fourth-order valence-corrected chi connectivity index (χ4v) is 1.99. The summed E-state index contributed by atoms with van der Waals surface area (Å²) in [6, 6.07) is 0. The van der Waals surface area contributed by atoms with Crippen molar-refractivity contribution < 1.29 is 4.79 Å². The van der Waals surface area contributed by atoms with E-state index in [1.54, 1.807) is 13.0 Å². The molecule has 0 amide bonds. The molecular weight excluding hydrogens is 217 g/mol. The zero-order chi connectivity index (χ0) is 9.14. The van der Waals surface area contributed by atoms with Crippen molar-refractivity contribution in [1.82, 2.24) is 4.98 Å². The van der Waals surface area contributed by atoms with Gasteiger partial charge in [-0.2, -0.15) is 0 Å². The fraction of sp³-hybridized carbons (Fsp3) is 0.143. The van der Waals surface area contributed by atoms with Gasteiger partial charge in [0.2, 0.25) is 0 Å². The Balaban J connectivity index is 3.03. The minimum absolute atomic E-state index is 0.339. The van der Waals surface area contributed by atoms with E-state index in [2.05, 4.69) is 4.98 Å². The van der Waals surface area contributed by atoms with Crippen LogP contribution in [0.4, 0.5) is 0 Å². The lowest BCUT2D eigenvalue weighted by atomic mass is 10.3. The lowest BCUT2D eigenvalue weighted by molar-refractivity contribution is -0.104. The molecule has 0 aliphatic heterocycles. The van der Waals surface area contributed by atoms with Gasteiger partial charge in [0, 0.05) is 0 Å². The maximum absolute atomic E-state index is 10.3. The molecule has 12 heavy (non-hydrogen) atoms. The van der Waals surface area contributed by atoms with Crippen molar-refractivity contribution in [3.63, 3.8) is 0 Å². The number of aromatic nitrogens is 1. The van der Waals surface area contributed by atoms with Crippen LogP contribution in [0.2, 0.25) is 9.62 Å². The van der Waals surface area contributed by atoms with Crippen LogP contribution in [0.5, 0.6) is 0 Å². The average Bonchev–Trinajstić information content (AvgIpc) is 2.30. The van der Waals surface area contributed by atoms with E-state index in [0.717, 1.165) is 6.29 Å². The van der Waals surface area contributed by atoms with E-state index in [9.17, 15) is 4.79 Å². The summed E-state index contributed by atoms with van der Waals surface area (Å²) in [5, 5.41) is 0.339. The zero-order valence-corrected chi connectivity index (χ0v) is 8.50. The van der Waals surface area contributed by atoms with Crippen molar-refractivity contribution in [3.05, 3.63) is 20.1 Å². The number of rotatable bonds is 2. The van der Waals surface area contributed by atoms with Crippen LogP contribution >= 0.6 is 34.5 Å². The molecule has 1 rings (SSSR count). The van der Waals surface area contributed by atoms with Gasteiger partial charge in [0.1, 0.15) is 11.4 Å². The Morgan fingerprint density at radius 1 is 1.58 bits per heavy atom. The van der Waals surface area contributed by atoms with Crippen LogP contribution in [0.1, 0.15) is 11.8 Å². The summed E-state index contributed by atoms with van der Waals surface area (Å²) in [6.45, 7) is 1.69. The van der Waals surface area contributed by atoms with Crippen LogP contribution in [0.3, 0.4) is 0 Å². The Morgan fingerprint density at radius 2 is 2.25 bits per heavy atom. The van der Waals surface area contributed by atoms with Crippen LogP contribution in [0.25, 0.3) is 6.08 Å². The molecule has 0 atom stereocenters. The topological polar surface area (TPSA) is 30.0 Å². The summed E-state index contributed by atoms with van der Waals surface area (Å²) in [4.78, 5) is 14.8. The average molecular weight is 222 g/mol. The molecular formula is C7H5Cl2NOS. The van der Waals surface area contributed by atoms with E-state index in [1.807, 2.05) is 0 Å². The van der Waals surface area contributed by atoms with E-state index >= 15 is 0 Å². The molecule has 0 bridgehead atoms. The molecule has 0 unspecified atom stereocenters. The summed E-state index contributed by atoms with van der Waals surface area (Å²) in [5.74, 6) is 0. The van der Waals surface area contributed by atoms with Crippen LogP contribution < -0.4 is 0 Å². The quantitative estimate of drug-likeness (QED) is 0.568. The number of thiazole rings is 1. The van der Waals surface area contributed by atoms with Crippen molar-refractivity contribution in [2.75, 3.05) is 0 Å². The summed E-state index contributed by atoms with van der Waals surface area (Å²) >= 11 is 12.5. The molecule has 0 aliphatic carbocycles. The first-order valence-electron chi connectivity index (χ1n) is 3.09. The highest BCUT2D eigenvalue weighted by Gasteiger charge is 2.04. The molecule has 0 aromatic carbocycles. The molecule has 0 aliphatic rings. The third kappa shape index (κ3) is 2.30. The zero-order valence-electron chi connectivity index (χ0n) is 6.17. The minimum Gasteiger partial charge on any atom is -0.298 e. The van der Waals surface area contributed by atoms with Gasteiger partial charge >= 0.3 is 0 Å². The van der Waals surface area contributed by atoms with Gasteiger partial charge < -0.3 is 0 Å². The molecule has 64 valence electrons. The monoisotopic (exact) mass is 221 g/mol. The number of allylic oxidation sites excluding steroid dienone is 1. The van der Waals surface area contributed by atoms with E-state index in [4.69, 9.17) is 23.2 Å². The standard InChI is InChI=1S/C7H5Cl2NOS/c1-4(3-11)2-5-6(8)10-7(9)12-5/h2-3H,1H3. The summed E-state index contributed by atoms with van der Waals surface area (Å²) in [7, 11) is 0. The third-order valence-corrected chi connectivity index (χ3v) is 2.64. The highest BCUT2D eigenvalue weighted by molar-refractivity contribution is 7.17. The molecule has 0 saturated heterocycles. The molecule has 1 aromatic heterocycles. The Hall–Kier alpha value is -0.380. The second-order valence-electron chi connectivity index (χ2n) is 2.13. The summed E-state index contributed by atoms with van der Waals surface area (Å²) in [5.41, 5.74) is 0.595. The van der Waals surface area contributed by atoms with Gasteiger partial charge in [-0.3, -0.25) is 4.79 Å². The first-order chi connectivity index (χ1) is 5.63. The first kappa shape index (κ1) is 9.71. The highest BCUT2D eigenvalue weighted by atomic mass is 35.5. The molecule has 1 heterocycles. The molecule has 0 fully saturated rings. The summed E-state index contributed by atoms with van der Waals surface area (Å²) in [6.07, 6.45) is 2.41. The smallest absolute Gasteiger partial charge is 0.185 e. The van der Waals surface area contributed by atoms with Crippen LogP contribution in [-0.2, 0) is 4.79 Å². The molecule has 5 heteroatoms. The van der Waals surface area contributed by atoms with Crippen molar-refractivity contribution in [2.45, 2.75) is 6.92 Å². The van der Waals surface area contributed by atoms with E-state index in [0.29, 0.717) is 20.1 Å². The lowest BCUT2D eigenvalue weighted by Gasteiger charge is -1.86. The second kappa shape index (κ2) is 4.03. The van der Waals surface area contributed by atoms with Crippen molar-refractivity contribution in [3.8, 4) is 0 Å². The van der Waals surface area contributed by atoms with E-state index in [-0.39, 0.29) is 0 Å². The van der Waals surface area contributed by atoms with Gasteiger partial charge in [-0.1, -0.05) is 23.2 Å². The number of hydrogen-bond donors (Lipinski definition) is 0. The maximum Gasteiger partial charge on any atom is 0.185 e. The molecule has 2 nitrogen and oxygen atoms in total. The van der Waals surface area contributed by atoms with Crippen molar-refractivity contribution >= 4 is 46.9 Å². The second-order valence-corrected chi connectivity index (χ2v) is 4.10. The molecule has 0 N–H and O–H groups in total. The van der Waals surface area contributed by atoms with Gasteiger partial charge in [0.15, 0.2) is 4.47 Å². The highest BCUT2D eigenvalue weighted by Crippen LogP contribution is 2.28. The number of nitrogens with zero attached hydrogens (tertiary/aromatic N) is 1. The summed E-state index contributed by atoms with van der Waals surface area (Å²) < 4.78 is 0.380. The lowest BCUT2D eigenvalue weighted by Crippen LogP contribution is -1.74. The number of hydrogen-bond acceptors (Lipinski definition) is 3. The van der Waals surface area contributed by atoms with Gasteiger partial charge in [0.25, 0.3) is 0 Å². The van der Waals surface area contributed by atoms with Crippen molar-refractivity contribution in [2.24, 2.45) is 0 Å². The van der Waals surface area contributed by atoms with Gasteiger partial charge in [-0.25, -0.2) is 4.98 Å². The largest absolute Gasteiger partial charge is 0.298 e. The van der Waals surface area contributed by atoms with E-state index < -0.39 is 0 Å². The number of halogens is 2. The number of carbonyl (C=O) groups excluding carboxylic acids is 1. The minimum atomic E-state index is 0.339. The maximum atomic E-state index is 10.3. The van der Waals surface area contributed by atoms with Gasteiger partial charge in [-0.15, -0.1) is 11.3 Å². The Kier molecular flexibility index (Phi) is 3.26. The Labute approximate surface area is 83.8 Å². The van der Waals surface area contributed by atoms with Crippen LogP contribution in [-0.4, -0.2) is 11.3 Å².